The summed E-state index contributed by atoms with van der Waals surface area (Å²) in [5, 5.41) is 3.13. The smallest absolute Gasteiger partial charge is 0.257 e. The number of hydrogen-bond acceptors (Lipinski definition) is 3. The molecule has 1 fully saturated rings. The van der Waals surface area contributed by atoms with Crippen molar-refractivity contribution >= 4 is 17.5 Å². The summed E-state index contributed by atoms with van der Waals surface area (Å²) >= 11 is 0. The van der Waals surface area contributed by atoms with Crippen molar-refractivity contribution in [3.8, 4) is 0 Å². The highest BCUT2D eigenvalue weighted by Crippen LogP contribution is 2.39. The fourth-order valence-corrected chi connectivity index (χ4v) is 5.50. The van der Waals surface area contributed by atoms with Gasteiger partial charge in [0.05, 0.1) is 17.5 Å². The minimum Gasteiger partial charge on any atom is -0.331 e. The molecule has 5 nitrogen and oxygen atoms in total. The van der Waals surface area contributed by atoms with Crippen LogP contribution in [0.2, 0.25) is 0 Å². The molecule has 0 aromatic heterocycles. The molecule has 6 heteroatoms. The van der Waals surface area contributed by atoms with E-state index in [1.165, 1.54) is 6.07 Å². The second kappa shape index (κ2) is 12.3. The molecule has 1 heterocycles. The zero-order chi connectivity index (χ0) is 29.0. The first kappa shape index (κ1) is 29.5. The summed E-state index contributed by atoms with van der Waals surface area (Å²) in [7, 11) is 2.07. The lowest BCUT2D eigenvalue weighted by atomic mass is 9.82. The summed E-state index contributed by atoms with van der Waals surface area (Å²) in [6.45, 7) is 12.5. The average molecular weight is 544 g/mol. The molecule has 40 heavy (non-hydrogen) atoms. The number of aryl methyl sites for hydroxylation is 1. The first-order valence-corrected chi connectivity index (χ1v) is 14.2. The van der Waals surface area contributed by atoms with Crippen molar-refractivity contribution in [3.05, 3.63) is 100 Å². The van der Waals surface area contributed by atoms with E-state index in [0.29, 0.717) is 24.9 Å². The van der Waals surface area contributed by atoms with E-state index in [9.17, 15) is 14.0 Å². The molecule has 4 rings (SSSR count). The second-order valence-corrected chi connectivity index (χ2v) is 12.0. The molecule has 0 bridgehead atoms. The molecule has 1 saturated heterocycles. The van der Waals surface area contributed by atoms with Crippen molar-refractivity contribution < 1.29 is 14.0 Å². The van der Waals surface area contributed by atoms with E-state index >= 15 is 0 Å². The second-order valence-electron chi connectivity index (χ2n) is 12.0. The average Bonchev–Trinajstić information content (AvgIpc) is 2.92. The molecule has 1 aliphatic heterocycles. The van der Waals surface area contributed by atoms with Gasteiger partial charge in [0.15, 0.2) is 0 Å². The summed E-state index contributed by atoms with van der Waals surface area (Å²) in [6, 6.07) is 20.3. The van der Waals surface area contributed by atoms with Crippen LogP contribution >= 0.6 is 0 Å². The predicted molar refractivity (Wildman–Crippen MR) is 160 cm³/mol. The number of piperidine rings is 1. The zero-order valence-corrected chi connectivity index (χ0v) is 24.6. The van der Waals surface area contributed by atoms with E-state index < -0.39 is 17.8 Å². The Hall–Kier alpha value is -3.51. The normalized spacial score (nSPS) is 17.6. The van der Waals surface area contributed by atoms with Gasteiger partial charge in [-0.3, -0.25) is 9.59 Å². The summed E-state index contributed by atoms with van der Waals surface area (Å²) < 4.78 is 14.9. The lowest BCUT2D eigenvalue weighted by molar-refractivity contribution is -0.123. The van der Waals surface area contributed by atoms with E-state index in [1.807, 2.05) is 30.3 Å². The van der Waals surface area contributed by atoms with Gasteiger partial charge in [0, 0.05) is 18.8 Å². The lowest BCUT2D eigenvalue weighted by Gasteiger charge is -2.41. The molecule has 1 aliphatic rings. The highest BCUT2D eigenvalue weighted by Gasteiger charge is 2.40. The van der Waals surface area contributed by atoms with Crippen LogP contribution in [-0.4, -0.2) is 41.8 Å². The maximum atomic E-state index is 14.9. The van der Waals surface area contributed by atoms with Crippen LogP contribution in [0, 0.1) is 18.7 Å². The van der Waals surface area contributed by atoms with Gasteiger partial charge in [-0.2, -0.15) is 0 Å². The molecular formula is C34H42FN3O2. The predicted octanol–water partition coefficient (Wildman–Crippen LogP) is 7.12. The number of halogens is 1. The summed E-state index contributed by atoms with van der Waals surface area (Å²) in [5.41, 5.74) is 4.52. The van der Waals surface area contributed by atoms with E-state index in [0.717, 1.165) is 35.5 Å². The highest BCUT2D eigenvalue weighted by molar-refractivity contribution is 5.98. The number of carbonyl (C=O) groups excluding carboxylic acids is 2. The maximum absolute atomic E-state index is 14.9. The van der Waals surface area contributed by atoms with Crippen molar-refractivity contribution in [2.45, 2.75) is 65.5 Å². The fourth-order valence-electron chi connectivity index (χ4n) is 5.50. The molecule has 0 radical (unpaired) electrons. The van der Waals surface area contributed by atoms with Crippen molar-refractivity contribution in [1.29, 1.82) is 0 Å². The first-order chi connectivity index (χ1) is 19.0. The third kappa shape index (κ3) is 6.61. The van der Waals surface area contributed by atoms with E-state index in [-0.39, 0.29) is 22.8 Å². The number of anilines is 1. The van der Waals surface area contributed by atoms with Gasteiger partial charge in [0.2, 0.25) is 5.91 Å². The van der Waals surface area contributed by atoms with Crippen molar-refractivity contribution in [1.82, 2.24) is 9.80 Å². The number of amides is 2. The molecule has 1 N–H and O–H groups in total. The molecule has 0 spiro atoms. The molecule has 3 aromatic rings. The van der Waals surface area contributed by atoms with Gasteiger partial charge in [-0.1, -0.05) is 76.2 Å². The van der Waals surface area contributed by atoms with Gasteiger partial charge in [-0.25, -0.2) is 4.39 Å². The van der Waals surface area contributed by atoms with E-state index in [2.05, 4.69) is 63.2 Å². The Labute approximate surface area is 238 Å². The molecule has 3 aromatic carbocycles. The van der Waals surface area contributed by atoms with Gasteiger partial charge in [-0.15, -0.1) is 0 Å². The molecule has 0 saturated carbocycles. The molecular weight excluding hydrogens is 501 g/mol. The highest BCUT2D eigenvalue weighted by atomic mass is 19.1. The van der Waals surface area contributed by atoms with Crippen LogP contribution in [0.25, 0.3) is 0 Å². The van der Waals surface area contributed by atoms with E-state index in [4.69, 9.17) is 0 Å². The minimum atomic E-state index is -0.535. The Morgan fingerprint density at radius 2 is 1.75 bits per heavy atom. The standard InChI is InChI=1S/C34H42FN3O2/c1-7-37(6)22-24-16-18-25(19-17-24)31-28(32(39)36-27-13-9-12-26(21-27)34(3,4)5)14-10-20-38(31)33(40)30-23(2)11-8-15-29(30)35/h8-9,11-13,15-19,21,28,31H,7,10,14,20,22H2,1-6H3,(H,36,39)/t28-,31-/m0/s1. The summed E-state index contributed by atoms with van der Waals surface area (Å²) in [4.78, 5) is 31.7. The third-order valence-electron chi connectivity index (χ3n) is 7.97. The van der Waals surface area contributed by atoms with Crippen molar-refractivity contribution in [2.24, 2.45) is 5.92 Å². The lowest BCUT2D eigenvalue weighted by Crippen LogP contribution is -2.46. The number of benzene rings is 3. The summed E-state index contributed by atoms with van der Waals surface area (Å²) in [5.74, 6) is -1.52. The van der Waals surface area contributed by atoms with Gasteiger partial charge < -0.3 is 15.1 Å². The van der Waals surface area contributed by atoms with Crippen molar-refractivity contribution in [2.75, 3.05) is 25.5 Å². The zero-order valence-electron chi connectivity index (χ0n) is 24.6. The van der Waals surface area contributed by atoms with Crippen molar-refractivity contribution in [3.63, 3.8) is 0 Å². The largest absolute Gasteiger partial charge is 0.331 e. The number of nitrogens with one attached hydrogen (secondary N) is 1. The Balaban J connectivity index is 1.70. The van der Waals surface area contributed by atoms with Crippen LogP contribution in [0.15, 0.2) is 66.7 Å². The first-order valence-electron chi connectivity index (χ1n) is 14.2. The van der Waals surface area contributed by atoms with Crippen LogP contribution in [0.4, 0.5) is 10.1 Å². The Bertz CT molecular complexity index is 1330. The maximum Gasteiger partial charge on any atom is 0.257 e. The SMILES string of the molecule is CCN(C)Cc1ccc([C@H]2[C@@H](C(=O)Nc3cccc(C(C)(C)C)c3)CCCN2C(=O)c2c(C)cccc2F)cc1. The van der Waals surface area contributed by atoms with Gasteiger partial charge >= 0.3 is 0 Å². The number of nitrogens with zero attached hydrogens (tertiary/aromatic N) is 2. The Morgan fingerprint density at radius 3 is 2.40 bits per heavy atom. The van der Waals surface area contributed by atoms with Crippen LogP contribution in [0.5, 0.6) is 0 Å². The number of hydrogen-bond donors (Lipinski definition) is 1. The molecule has 2 amide bonds. The monoisotopic (exact) mass is 543 g/mol. The van der Waals surface area contributed by atoms with Crippen LogP contribution in [-0.2, 0) is 16.8 Å². The third-order valence-corrected chi connectivity index (χ3v) is 7.97. The van der Waals surface area contributed by atoms with Gasteiger partial charge in [0.1, 0.15) is 5.82 Å². The molecule has 2 atom stereocenters. The van der Waals surface area contributed by atoms with Crippen LogP contribution in [0.3, 0.4) is 0 Å². The van der Waals surface area contributed by atoms with Gasteiger partial charge in [-0.05, 0) is 79.2 Å². The molecule has 0 unspecified atom stereocenters. The molecule has 212 valence electrons. The number of carbonyl (C=O) groups is 2. The molecule has 0 aliphatic carbocycles. The van der Waals surface area contributed by atoms with Crippen LogP contribution in [0.1, 0.15) is 79.2 Å². The topological polar surface area (TPSA) is 52.7 Å². The quantitative estimate of drug-likeness (QED) is 0.345. The number of likely N-dealkylation sites (tertiary alicyclic amines) is 1. The van der Waals surface area contributed by atoms with Crippen LogP contribution < -0.4 is 5.32 Å². The Morgan fingerprint density at radius 1 is 1.05 bits per heavy atom. The minimum absolute atomic E-state index is 0.0530. The Kier molecular flexibility index (Phi) is 9.09. The van der Waals surface area contributed by atoms with E-state index in [1.54, 1.807) is 24.0 Å². The fraction of sp³-hybridized carbons (Fsp3) is 0.412. The summed E-state index contributed by atoms with van der Waals surface area (Å²) in [6.07, 6.45) is 1.30. The van der Waals surface area contributed by atoms with Gasteiger partial charge in [0.25, 0.3) is 5.91 Å². The number of rotatable bonds is 7.